The van der Waals surface area contributed by atoms with E-state index in [2.05, 4.69) is 22.2 Å². The SMILES string of the molecule is C=CCNC(=O)CN=C(N)NCC1CCC1.I. The lowest BCUT2D eigenvalue weighted by molar-refractivity contribution is -0.119. The first-order valence-electron chi connectivity index (χ1n) is 5.63. The van der Waals surface area contributed by atoms with Gasteiger partial charge >= 0.3 is 0 Å². The third kappa shape index (κ3) is 7.19. The van der Waals surface area contributed by atoms with E-state index >= 15 is 0 Å². The smallest absolute Gasteiger partial charge is 0.242 e. The number of aliphatic imine (C=N–C) groups is 1. The van der Waals surface area contributed by atoms with Crippen molar-refractivity contribution in [1.29, 1.82) is 0 Å². The molecule has 0 heterocycles. The van der Waals surface area contributed by atoms with Gasteiger partial charge in [-0.3, -0.25) is 4.79 Å². The molecule has 0 spiro atoms. The van der Waals surface area contributed by atoms with Crippen molar-refractivity contribution in [3.8, 4) is 0 Å². The van der Waals surface area contributed by atoms with Crippen LogP contribution in [0.3, 0.4) is 0 Å². The van der Waals surface area contributed by atoms with Crippen LogP contribution in [0, 0.1) is 5.92 Å². The average Bonchev–Trinajstić information content (AvgIpc) is 2.21. The van der Waals surface area contributed by atoms with Crippen molar-refractivity contribution in [2.45, 2.75) is 19.3 Å². The van der Waals surface area contributed by atoms with Crippen LogP contribution in [0.2, 0.25) is 0 Å². The zero-order chi connectivity index (χ0) is 11.8. The second kappa shape index (κ2) is 9.26. The molecule has 0 aliphatic heterocycles. The number of carbonyl (C=O) groups is 1. The molecule has 0 unspecified atom stereocenters. The molecule has 5 nitrogen and oxygen atoms in total. The Kier molecular flexibility index (Phi) is 8.83. The molecule has 1 rings (SSSR count). The first-order valence-corrected chi connectivity index (χ1v) is 5.63. The topological polar surface area (TPSA) is 79.5 Å². The molecule has 4 N–H and O–H groups in total. The van der Waals surface area contributed by atoms with Crippen LogP contribution >= 0.6 is 24.0 Å². The first kappa shape index (κ1) is 16.2. The van der Waals surface area contributed by atoms with Gasteiger partial charge in [-0.15, -0.1) is 30.6 Å². The minimum Gasteiger partial charge on any atom is -0.370 e. The van der Waals surface area contributed by atoms with Gasteiger partial charge in [-0.25, -0.2) is 4.99 Å². The Balaban J connectivity index is 0.00000256. The number of nitrogens with two attached hydrogens (primary N) is 1. The molecule has 0 radical (unpaired) electrons. The van der Waals surface area contributed by atoms with Gasteiger partial charge in [0.25, 0.3) is 0 Å². The lowest BCUT2D eigenvalue weighted by atomic mass is 9.85. The summed E-state index contributed by atoms with van der Waals surface area (Å²) >= 11 is 0. The number of halogens is 1. The third-order valence-electron chi connectivity index (χ3n) is 2.63. The fraction of sp³-hybridized carbons (Fsp3) is 0.636. The summed E-state index contributed by atoms with van der Waals surface area (Å²) < 4.78 is 0. The minimum absolute atomic E-state index is 0. The van der Waals surface area contributed by atoms with Crippen LogP contribution in [0.15, 0.2) is 17.6 Å². The molecule has 0 aromatic rings. The summed E-state index contributed by atoms with van der Waals surface area (Å²) in [4.78, 5) is 15.1. The molecule has 0 saturated heterocycles. The summed E-state index contributed by atoms with van der Waals surface area (Å²) in [6, 6.07) is 0. The molecule has 0 bridgehead atoms. The Hall–Kier alpha value is -0.790. The summed E-state index contributed by atoms with van der Waals surface area (Å²) in [6.07, 6.45) is 5.47. The van der Waals surface area contributed by atoms with Gasteiger partial charge in [-0.05, 0) is 18.8 Å². The highest BCUT2D eigenvalue weighted by Crippen LogP contribution is 2.24. The minimum atomic E-state index is -0.145. The Morgan fingerprint density at radius 3 is 2.71 bits per heavy atom. The largest absolute Gasteiger partial charge is 0.370 e. The monoisotopic (exact) mass is 352 g/mol. The van der Waals surface area contributed by atoms with Crippen molar-refractivity contribution >= 4 is 35.8 Å². The molecule has 98 valence electrons. The van der Waals surface area contributed by atoms with Crippen molar-refractivity contribution in [1.82, 2.24) is 10.6 Å². The maximum atomic E-state index is 11.2. The summed E-state index contributed by atoms with van der Waals surface area (Å²) in [5, 5.41) is 5.65. The van der Waals surface area contributed by atoms with Gasteiger partial charge < -0.3 is 16.4 Å². The van der Waals surface area contributed by atoms with Crippen molar-refractivity contribution in [2.24, 2.45) is 16.6 Å². The van der Waals surface area contributed by atoms with Crippen LogP contribution in [-0.4, -0.2) is 31.5 Å². The van der Waals surface area contributed by atoms with E-state index in [1.807, 2.05) is 0 Å². The van der Waals surface area contributed by atoms with Gasteiger partial charge in [-0.2, -0.15) is 0 Å². The van der Waals surface area contributed by atoms with Crippen LogP contribution in [0.4, 0.5) is 0 Å². The highest BCUT2D eigenvalue weighted by Gasteiger charge is 2.16. The molecule has 0 aromatic heterocycles. The molecular formula is C11H21IN4O. The fourth-order valence-corrected chi connectivity index (χ4v) is 1.40. The molecule has 1 saturated carbocycles. The maximum Gasteiger partial charge on any atom is 0.242 e. The number of amides is 1. The lowest BCUT2D eigenvalue weighted by Gasteiger charge is -2.25. The Labute approximate surface area is 119 Å². The zero-order valence-electron chi connectivity index (χ0n) is 9.95. The Morgan fingerprint density at radius 1 is 1.47 bits per heavy atom. The number of nitrogens with zero attached hydrogens (tertiary/aromatic N) is 1. The molecule has 0 aromatic carbocycles. The number of carbonyl (C=O) groups excluding carboxylic acids is 1. The molecule has 6 heteroatoms. The van der Waals surface area contributed by atoms with Crippen LogP contribution in [0.25, 0.3) is 0 Å². The summed E-state index contributed by atoms with van der Waals surface area (Å²) in [7, 11) is 0. The van der Waals surface area contributed by atoms with E-state index in [0.29, 0.717) is 12.5 Å². The van der Waals surface area contributed by atoms with E-state index in [4.69, 9.17) is 5.73 Å². The van der Waals surface area contributed by atoms with E-state index in [9.17, 15) is 4.79 Å². The highest BCUT2D eigenvalue weighted by molar-refractivity contribution is 14.0. The van der Waals surface area contributed by atoms with Crippen LogP contribution in [0.1, 0.15) is 19.3 Å². The van der Waals surface area contributed by atoms with E-state index in [0.717, 1.165) is 12.5 Å². The molecule has 1 aliphatic carbocycles. The lowest BCUT2D eigenvalue weighted by Crippen LogP contribution is -2.38. The van der Waals surface area contributed by atoms with Gasteiger partial charge in [0.1, 0.15) is 6.54 Å². The third-order valence-corrected chi connectivity index (χ3v) is 2.63. The first-order chi connectivity index (χ1) is 7.72. The van der Waals surface area contributed by atoms with Crippen molar-refractivity contribution in [3.05, 3.63) is 12.7 Å². The second-order valence-corrected chi connectivity index (χ2v) is 3.97. The Bertz CT molecular complexity index is 277. The van der Waals surface area contributed by atoms with E-state index in [1.54, 1.807) is 6.08 Å². The number of hydrogen-bond donors (Lipinski definition) is 3. The maximum absolute atomic E-state index is 11.2. The number of hydrogen-bond acceptors (Lipinski definition) is 2. The van der Waals surface area contributed by atoms with Gasteiger partial charge in [0.05, 0.1) is 0 Å². The highest BCUT2D eigenvalue weighted by atomic mass is 127. The standard InChI is InChI=1S/C11H20N4O.HI/c1-2-6-13-10(16)8-15-11(12)14-7-9-4-3-5-9;/h2,9H,1,3-8H2,(H,13,16)(H3,12,14,15);1H. The van der Waals surface area contributed by atoms with Gasteiger partial charge in [0.2, 0.25) is 5.91 Å². The zero-order valence-corrected chi connectivity index (χ0v) is 12.3. The molecular weight excluding hydrogens is 331 g/mol. The summed E-state index contributed by atoms with van der Waals surface area (Å²) in [6.45, 7) is 4.90. The number of nitrogens with one attached hydrogen (secondary N) is 2. The van der Waals surface area contributed by atoms with Gasteiger partial charge in [0, 0.05) is 13.1 Å². The summed E-state index contributed by atoms with van der Waals surface area (Å²) in [5.41, 5.74) is 5.62. The van der Waals surface area contributed by atoms with Gasteiger partial charge in [0.15, 0.2) is 5.96 Å². The fourth-order valence-electron chi connectivity index (χ4n) is 1.40. The summed E-state index contributed by atoms with van der Waals surface area (Å²) in [5.74, 6) is 0.928. The number of rotatable bonds is 6. The van der Waals surface area contributed by atoms with Crippen molar-refractivity contribution in [3.63, 3.8) is 0 Å². The molecule has 17 heavy (non-hydrogen) atoms. The second-order valence-electron chi connectivity index (χ2n) is 3.97. The normalized spacial score (nSPS) is 15.4. The van der Waals surface area contributed by atoms with E-state index < -0.39 is 0 Å². The molecule has 1 aliphatic rings. The Morgan fingerprint density at radius 2 is 2.18 bits per heavy atom. The van der Waals surface area contributed by atoms with Gasteiger partial charge in [-0.1, -0.05) is 12.5 Å². The van der Waals surface area contributed by atoms with Crippen LogP contribution in [0.5, 0.6) is 0 Å². The average molecular weight is 352 g/mol. The van der Waals surface area contributed by atoms with Crippen LogP contribution < -0.4 is 16.4 Å². The van der Waals surface area contributed by atoms with Crippen molar-refractivity contribution in [2.75, 3.05) is 19.6 Å². The quantitative estimate of drug-likeness (QED) is 0.284. The predicted molar refractivity (Wildman–Crippen MR) is 80.5 cm³/mol. The van der Waals surface area contributed by atoms with E-state index in [1.165, 1.54) is 19.3 Å². The molecule has 0 atom stereocenters. The number of guanidine groups is 1. The van der Waals surface area contributed by atoms with Crippen molar-refractivity contribution < 1.29 is 4.79 Å². The van der Waals surface area contributed by atoms with E-state index in [-0.39, 0.29) is 36.4 Å². The predicted octanol–water partition coefficient (Wildman–Crippen LogP) is 0.611. The molecule has 1 fully saturated rings. The van der Waals surface area contributed by atoms with Crippen LogP contribution in [-0.2, 0) is 4.79 Å². The molecule has 1 amide bonds.